The molecule has 140 valence electrons. The molecular weight excluding hydrogens is 357 g/mol. The van der Waals surface area contributed by atoms with E-state index in [9.17, 15) is 22.8 Å². The van der Waals surface area contributed by atoms with Gasteiger partial charge in [0.1, 0.15) is 0 Å². The van der Waals surface area contributed by atoms with Crippen molar-refractivity contribution >= 4 is 17.5 Å². The van der Waals surface area contributed by atoms with Gasteiger partial charge in [0.05, 0.1) is 16.8 Å². The number of rotatable bonds is 2. The van der Waals surface area contributed by atoms with Gasteiger partial charge in [0.2, 0.25) is 5.91 Å². The van der Waals surface area contributed by atoms with E-state index in [4.69, 9.17) is 0 Å². The molecule has 1 unspecified atom stereocenters. The Hall–Kier alpha value is -2.96. The lowest BCUT2D eigenvalue weighted by atomic mass is 9.82. The Balaban J connectivity index is 1.93. The van der Waals surface area contributed by atoms with E-state index in [-0.39, 0.29) is 23.5 Å². The third-order valence-corrected chi connectivity index (χ3v) is 4.38. The predicted octanol–water partition coefficient (Wildman–Crippen LogP) is 4.07. The highest BCUT2D eigenvalue weighted by molar-refractivity contribution is 6.14. The van der Waals surface area contributed by atoms with Crippen molar-refractivity contribution in [2.45, 2.75) is 20.0 Å². The molecule has 0 bridgehead atoms. The van der Waals surface area contributed by atoms with Crippen LogP contribution in [-0.4, -0.2) is 17.5 Å². The molecule has 3 rings (SSSR count). The van der Waals surface area contributed by atoms with Gasteiger partial charge in [-0.05, 0) is 35.8 Å². The summed E-state index contributed by atoms with van der Waals surface area (Å²) in [6, 6.07) is 4.52. The number of amides is 2. The van der Waals surface area contributed by atoms with Crippen LogP contribution >= 0.6 is 0 Å². The molecular formula is C20H17F3N2O2. The zero-order chi connectivity index (χ0) is 19.8. The van der Waals surface area contributed by atoms with E-state index in [1.807, 2.05) is 13.8 Å². The maximum atomic E-state index is 13.1. The Morgan fingerprint density at radius 3 is 2.56 bits per heavy atom. The first kappa shape index (κ1) is 18.8. The average molecular weight is 374 g/mol. The summed E-state index contributed by atoms with van der Waals surface area (Å²) in [5.74, 6) is -1.25. The molecule has 0 spiro atoms. The lowest BCUT2D eigenvalue weighted by Crippen LogP contribution is -2.34. The molecule has 0 saturated heterocycles. The summed E-state index contributed by atoms with van der Waals surface area (Å²) in [6.45, 7) is 3.94. The van der Waals surface area contributed by atoms with Crippen LogP contribution in [0.5, 0.6) is 0 Å². The topological polar surface area (TPSA) is 58.5 Å². The Morgan fingerprint density at radius 1 is 1.19 bits per heavy atom. The van der Waals surface area contributed by atoms with Gasteiger partial charge in [-0.3, -0.25) is 9.59 Å². The lowest BCUT2D eigenvalue weighted by Gasteiger charge is -2.29. The van der Waals surface area contributed by atoms with Crippen molar-refractivity contribution in [3.05, 3.63) is 71.0 Å². The van der Waals surface area contributed by atoms with Gasteiger partial charge in [0.25, 0.3) is 5.91 Å². The molecule has 0 radical (unpaired) electrons. The number of alkyl halides is 3. The maximum absolute atomic E-state index is 13.1. The fourth-order valence-corrected chi connectivity index (χ4v) is 3.11. The minimum Gasteiger partial charge on any atom is -0.325 e. The highest BCUT2D eigenvalue weighted by atomic mass is 19.4. The standard InChI is InChI=1S/C20H17F3N2O2/c1-11(2)15-10-18(26)25-17-9-12(7-8-13(15)17)24-19(27)14-5-3-4-6-16(14)20(21,22)23/h3-11,13H,1-2H3,(H,25,26). The number of allylic oxidation sites excluding steroid dienone is 3. The number of nitrogens with one attached hydrogen (secondary N) is 1. The maximum Gasteiger partial charge on any atom is 0.417 e. The second-order valence-electron chi connectivity index (χ2n) is 6.61. The normalized spacial score (nSPS) is 20.9. The van der Waals surface area contributed by atoms with Crippen molar-refractivity contribution in [3.8, 4) is 0 Å². The van der Waals surface area contributed by atoms with Crippen LogP contribution in [0, 0.1) is 11.8 Å². The Bertz CT molecular complexity index is 921. The van der Waals surface area contributed by atoms with Gasteiger partial charge in [-0.2, -0.15) is 13.2 Å². The van der Waals surface area contributed by atoms with Gasteiger partial charge in [-0.1, -0.05) is 32.1 Å². The Labute approximate surface area is 154 Å². The van der Waals surface area contributed by atoms with Gasteiger partial charge >= 0.3 is 6.18 Å². The molecule has 0 saturated carbocycles. The SMILES string of the molecule is CC(C)C1=CC(=O)NC2=CC(=NC(=O)c3ccccc3C(F)(F)F)C=CC21. The number of hydrogen-bond acceptors (Lipinski definition) is 2. The van der Waals surface area contributed by atoms with Crippen molar-refractivity contribution in [2.75, 3.05) is 0 Å². The van der Waals surface area contributed by atoms with Crippen molar-refractivity contribution < 1.29 is 22.8 Å². The number of carbonyl (C=O) groups is 2. The van der Waals surface area contributed by atoms with Crippen LogP contribution in [0.3, 0.4) is 0 Å². The first-order valence-electron chi connectivity index (χ1n) is 8.38. The molecule has 1 aromatic carbocycles. The van der Waals surface area contributed by atoms with Gasteiger partial charge in [-0.25, -0.2) is 4.99 Å². The quantitative estimate of drug-likeness (QED) is 0.848. The molecule has 1 aromatic rings. The summed E-state index contributed by atoms with van der Waals surface area (Å²) < 4.78 is 39.3. The molecule has 4 nitrogen and oxygen atoms in total. The van der Waals surface area contributed by atoms with E-state index in [1.165, 1.54) is 18.2 Å². The fourth-order valence-electron chi connectivity index (χ4n) is 3.11. The third-order valence-electron chi connectivity index (χ3n) is 4.38. The zero-order valence-corrected chi connectivity index (χ0v) is 14.7. The molecule has 1 atom stereocenters. The van der Waals surface area contributed by atoms with Crippen LogP contribution < -0.4 is 5.32 Å². The molecule has 2 aliphatic rings. The fraction of sp³-hybridized carbons (Fsp3) is 0.250. The number of hydrogen-bond donors (Lipinski definition) is 1. The van der Waals surface area contributed by atoms with E-state index < -0.39 is 23.2 Å². The van der Waals surface area contributed by atoms with Crippen LogP contribution in [0.2, 0.25) is 0 Å². The van der Waals surface area contributed by atoms with Crippen molar-refractivity contribution in [1.82, 2.24) is 5.32 Å². The number of carbonyl (C=O) groups excluding carboxylic acids is 2. The summed E-state index contributed by atoms with van der Waals surface area (Å²) >= 11 is 0. The van der Waals surface area contributed by atoms with Crippen LogP contribution in [-0.2, 0) is 11.0 Å². The second-order valence-corrected chi connectivity index (χ2v) is 6.61. The van der Waals surface area contributed by atoms with E-state index in [0.717, 1.165) is 17.7 Å². The van der Waals surface area contributed by atoms with Crippen molar-refractivity contribution in [2.24, 2.45) is 16.8 Å². The van der Waals surface area contributed by atoms with Gasteiger partial charge in [-0.15, -0.1) is 0 Å². The number of benzene rings is 1. The van der Waals surface area contributed by atoms with E-state index >= 15 is 0 Å². The average Bonchev–Trinajstić information content (AvgIpc) is 2.59. The molecule has 0 aromatic heterocycles. The summed E-state index contributed by atoms with van der Waals surface area (Å²) in [5, 5.41) is 2.70. The first-order chi connectivity index (χ1) is 12.7. The lowest BCUT2D eigenvalue weighted by molar-refractivity contribution is -0.137. The number of halogens is 3. The summed E-state index contributed by atoms with van der Waals surface area (Å²) in [6.07, 6.45) is 1.78. The highest BCUT2D eigenvalue weighted by Gasteiger charge is 2.35. The first-order valence-corrected chi connectivity index (χ1v) is 8.38. The highest BCUT2D eigenvalue weighted by Crippen LogP contribution is 2.33. The largest absolute Gasteiger partial charge is 0.417 e. The van der Waals surface area contributed by atoms with Crippen LogP contribution in [0.1, 0.15) is 29.8 Å². The Kier molecular flexibility index (Phi) is 4.87. The minimum atomic E-state index is -4.65. The summed E-state index contributed by atoms with van der Waals surface area (Å²) in [4.78, 5) is 28.0. The van der Waals surface area contributed by atoms with E-state index in [0.29, 0.717) is 5.70 Å². The van der Waals surface area contributed by atoms with Crippen molar-refractivity contribution in [3.63, 3.8) is 0 Å². The molecule has 1 aliphatic carbocycles. The second kappa shape index (κ2) is 6.98. The van der Waals surface area contributed by atoms with Crippen LogP contribution in [0.4, 0.5) is 13.2 Å². The van der Waals surface area contributed by atoms with Gasteiger partial charge < -0.3 is 5.32 Å². The zero-order valence-electron chi connectivity index (χ0n) is 14.7. The van der Waals surface area contributed by atoms with Crippen molar-refractivity contribution in [1.29, 1.82) is 0 Å². The molecule has 1 aliphatic heterocycles. The van der Waals surface area contributed by atoms with Crippen LogP contribution in [0.15, 0.2) is 64.8 Å². The molecule has 1 N–H and O–H groups in total. The molecule has 1 heterocycles. The van der Waals surface area contributed by atoms with E-state index in [2.05, 4.69) is 10.3 Å². The molecule has 7 heteroatoms. The van der Waals surface area contributed by atoms with Crippen LogP contribution in [0.25, 0.3) is 0 Å². The smallest absolute Gasteiger partial charge is 0.325 e. The predicted molar refractivity (Wildman–Crippen MR) is 95.0 cm³/mol. The third kappa shape index (κ3) is 3.92. The Morgan fingerprint density at radius 2 is 1.89 bits per heavy atom. The van der Waals surface area contributed by atoms with E-state index in [1.54, 1.807) is 18.2 Å². The molecule has 0 fully saturated rings. The molecule has 2 amide bonds. The summed E-state index contributed by atoms with van der Waals surface area (Å²) in [5.41, 5.74) is 0.134. The molecule has 27 heavy (non-hydrogen) atoms. The number of aliphatic imine (C=N–C) groups is 1. The monoisotopic (exact) mass is 374 g/mol. The van der Waals surface area contributed by atoms with Gasteiger partial charge in [0.15, 0.2) is 0 Å². The number of nitrogens with zero attached hydrogens (tertiary/aromatic N) is 1. The minimum absolute atomic E-state index is 0.140. The summed E-state index contributed by atoms with van der Waals surface area (Å²) in [7, 11) is 0. The number of fused-ring (bicyclic) bond motifs is 1. The van der Waals surface area contributed by atoms with Gasteiger partial charge in [0, 0.05) is 17.7 Å².